The molecule has 0 aliphatic heterocycles. The van der Waals surface area contributed by atoms with Crippen LogP contribution in [0.5, 0.6) is 0 Å². The van der Waals surface area contributed by atoms with Crippen molar-refractivity contribution in [3.05, 3.63) is 40.5 Å². The number of sulfonamides is 1. The Kier molecular flexibility index (Phi) is 4.14. The van der Waals surface area contributed by atoms with Crippen molar-refractivity contribution in [2.24, 2.45) is 0 Å². The van der Waals surface area contributed by atoms with E-state index in [1.165, 1.54) is 12.4 Å². The molecule has 11 heteroatoms. The third-order valence-electron chi connectivity index (χ3n) is 2.59. The molecule has 1 aromatic carbocycles. The Morgan fingerprint density at radius 2 is 2.19 bits per heavy atom. The highest BCUT2D eigenvalue weighted by Crippen LogP contribution is 2.25. The molecule has 1 aromatic heterocycles. The molecule has 0 aliphatic carbocycles. The van der Waals surface area contributed by atoms with Crippen LogP contribution in [0.15, 0.2) is 29.4 Å². The molecular weight excluding hydrogens is 300 g/mol. The SMILES string of the molecule is Nc1ccc([N+](=O)[O-])c(S(=O)(=O)NCCc2ncn[nH]2)c1. The second kappa shape index (κ2) is 5.85. The first-order chi connectivity index (χ1) is 9.90. The number of nitrogen functional groups attached to an aromatic ring is 1. The molecule has 0 saturated heterocycles. The number of nitrogens with zero attached hydrogens (tertiary/aromatic N) is 3. The third kappa shape index (κ3) is 3.52. The number of nitrogens with two attached hydrogens (primary N) is 1. The van der Waals surface area contributed by atoms with Crippen LogP contribution < -0.4 is 10.5 Å². The molecular formula is C10H12N6O4S. The number of nitro groups is 1. The molecule has 0 atom stereocenters. The van der Waals surface area contributed by atoms with E-state index in [1.807, 2.05) is 0 Å². The lowest BCUT2D eigenvalue weighted by Gasteiger charge is -2.07. The van der Waals surface area contributed by atoms with Crippen molar-refractivity contribution in [3.63, 3.8) is 0 Å². The predicted octanol–water partition coefficient (Wildman–Crippen LogP) is -0.184. The zero-order chi connectivity index (χ0) is 15.5. The van der Waals surface area contributed by atoms with E-state index < -0.39 is 25.5 Å². The molecule has 0 amide bonds. The molecule has 0 fully saturated rings. The van der Waals surface area contributed by atoms with Crippen LogP contribution in [0.4, 0.5) is 11.4 Å². The summed E-state index contributed by atoms with van der Waals surface area (Å²) in [6.45, 7) is 0.0173. The molecule has 112 valence electrons. The average molecular weight is 312 g/mol. The number of aromatic nitrogens is 3. The van der Waals surface area contributed by atoms with Gasteiger partial charge in [-0.15, -0.1) is 0 Å². The van der Waals surface area contributed by atoms with Gasteiger partial charge in [-0.05, 0) is 12.1 Å². The van der Waals surface area contributed by atoms with Gasteiger partial charge in [-0.3, -0.25) is 15.2 Å². The van der Waals surface area contributed by atoms with Crippen molar-refractivity contribution in [1.29, 1.82) is 0 Å². The highest BCUT2D eigenvalue weighted by Gasteiger charge is 2.25. The molecule has 2 rings (SSSR count). The largest absolute Gasteiger partial charge is 0.399 e. The number of H-pyrrole nitrogens is 1. The van der Waals surface area contributed by atoms with Gasteiger partial charge in [0.2, 0.25) is 10.0 Å². The summed E-state index contributed by atoms with van der Waals surface area (Å²) >= 11 is 0. The van der Waals surface area contributed by atoms with Gasteiger partial charge in [0, 0.05) is 24.7 Å². The molecule has 21 heavy (non-hydrogen) atoms. The maximum absolute atomic E-state index is 12.1. The second-order valence-corrected chi connectivity index (χ2v) is 5.80. The van der Waals surface area contributed by atoms with Crippen LogP contribution in [0.1, 0.15) is 5.82 Å². The summed E-state index contributed by atoms with van der Waals surface area (Å²) in [7, 11) is -4.05. The summed E-state index contributed by atoms with van der Waals surface area (Å²) < 4.78 is 26.5. The van der Waals surface area contributed by atoms with E-state index in [2.05, 4.69) is 19.9 Å². The molecule has 0 aliphatic rings. The lowest BCUT2D eigenvalue weighted by Crippen LogP contribution is -2.27. The summed E-state index contributed by atoms with van der Waals surface area (Å²) in [5, 5.41) is 17.1. The highest BCUT2D eigenvalue weighted by molar-refractivity contribution is 7.89. The number of rotatable bonds is 6. The Balaban J connectivity index is 2.19. The van der Waals surface area contributed by atoms with Gasteiger partial charge >= 0.3 is 0 Å². The fourth-order valence-electron chi connectivity index (χ4n) is 1.63. The number of anilines is 1. The maximum atomic E-state index is 12.1. The first-order valence-electron chi connectivity index (χ1n) is 5.78. The minimum atomic E-state index is -4.05. The summed E-state index contributed by atoms with van der Waals surface area (Å²) in [5.41, 5.74) is 5.08. The highest BCUT2D eigenvalue weighted by atomic mass is 32.2. The first-order valence-corrected chi connectivity index (χ1v) is 7.26. The minimum Gasteiger partial charge on any atom is -0.399 e. The van der Waals surface area contributed by atoms with Crippen molar-refractivity contribution < 1.29 is 13.3 Å². The van der Waals surface area contributed by atoms with Gasteiger partial charge < -0.3 is 5.73 Å². The number of hydrogen-bond acceptors (Lipinski definition) is 7. The molecule has 0 radical (unpaired) electrons. The molecule has 0 spiro atoms. The molecule has 4 N–H and O–H groups in total. The quantitative estimate of drug-likeness (QED) is 0.379. The average Bonchev–Trinajstić information content (AvgIpc) is 2.91. The predicted molar refractivity (Wildman–Crippen MR) is 72.8 cm³/mol. The Morgan fingerprint density at radius 1 is 1.43 bits per heavy atom. The van der Waals surface area contributed by atoms with E-state index in [-0.39, 0.29) is 18.7 Å². The van der Waals surface area contributed by atoms with Crippen LogP contribution in [0.3, 0.4) is 0 Å². The van der Waals surface area contributed by atoms with Crippen molar-refractivity contribution in [2.75, 3.05) is 12.3 Å². The lowest BCUT2D eigenvalue weighted by molar-refractivity contribution is -0.387. The Morgan fingerprint density at radius 3 is 2.81 bits per heavy atom. The third-order valence-corrected chi connectivity index (χ3v) is 4.08. The molecule has 10 nitrogen and oxygen atoms in total. The monoisotopic (exact) mass is 312 g/mol. The van der Waals surface area contributed by atoms with Crippen LogP contribution in [0.2, 0.25) is 0 Å². The normalized spacial score (nSPS) is 11.4. The Labute approximate surface area is 119 Å². The van der Waals surface area contributed by atoms with E-state index in [0.29, 0.717) is 5.82 Å². The molecule has 1 heterocycles. The maximum Gasteiger partial charge on any atom is 0.289 e. The Hall–Kier alpha value is -2.53. The van der Waals surface area contributed by atoms with Crippen molar-refractivity contribution in [3.8, 4) is 0 Å². The number of benzene rings is 1. The van der Waals surface area contributed by atoms with Crippen molar-refractivity contribution in [2.45, 2.75) is 11.3 Å². The summed E-state index contributed by atoms with van der Waals surface area (Å²) in [5.74, 6) is 0.500. The molecule has 2 aromatic rings. The van der Waals surface area contributed by atoms with Gasteiger partial charge in [-0.1, -0.05) is 0 Å². The molecule has 0 unspecified atom stereocenters. The number of nitrogens with one attached hydrogen (secondary N) is 2. The van der Waals surface area contributed by atoms with Gasteiger partial charge in [0.05, 0.1) is 4.92 Å². The van der Waals surface area contributed by atoms with Crippen LogP contribution in [-0.2, 0) is 16.4 Å². The van der Waals surface area contributed by atoms with Crippen LogP contribution in [0, 0.1) is 10.1 Å². The number of aromatic amines is 1. The van der Waals surface area contributed by atoms with Crippen LogP contribution in [-0.4, -0.2) is 35.1 Å². The fraction of sp³-hybridized carbons (Fsp3) is 0.200. The zero-order valence-corrected chi connectivity index (χ0v) is 11.5. The molecule has 0 bridgehead atoms. The fourth-order valence-corrected chi connectivity index (χ4v) is 2.87. The summed E-state index contributed by atoms with van der Waals surface area (Å²) in [6, 6.07) is 3.38. The lowest BCUT2D eigenvalue weighted by atomic mass is 10.3. The summed E-state index contributed by atoms with van der Waals surface area (Å²) in [6.07, 6.45) is 1.57. The van der Waals surface area contributed by atoms with Crippen molar-refractivity contribution >= 4 is 21.4 Å². The Bertz CT molecular complexity index is 743. The number of nitro benzene ring substituents is 1. The number of hydrogen-bond donors (Lipinski definition) is 3. The first kappa shape index (κ1) is 14.9. The smallest absolute Gasteiger partial charge is 0.289 e. The van der Waals surface area contributed by atoms with Gasteiger partial charge in [0.25, 0.3) is 5.69 Å². The van der Waals surface area contributed by atoms with Gasteiger partial charge in [0.1, 0.15) is 12.2 Å². The van der Waals surface area contributed by atoms with E-state index in [0.717, 1.165) is 12.1 Å². The standard InChI is InChI=1S/C10H12N6O4S/c11-7-1-2-8(16(17)18)9(5-7)21(19,20)14-4-3-10-12-6-13-15-10/h1-2,5-6,14H,3-4,11H2,(H,12,13,15). The topological polar surface area (TPSA) is 157 Å². The van der Waals surface area contributed by atoms with Crippen LogP contribution in [0.25, 0.3) is 0 Å². The minimum absolute atomic E-state index is 0.0173. The van der Waals surface area contributed by atoms with E-state index in [4.69, 9.17) is 5.73 Å². The zero-order valence-electron chi connectivity index (χ0n) is 10.7. The summed E-state index contributed by atoms with van der Waals surface area (Å²) in [4.78, 5) is 13.5. The van der Waals surface area contributed by atoms with E-state index >= 15 is 0 Å². The van der Waals surface area contributed by atoms with E-state index in [1.54, 1.807) is 0 Å². The van der Waals surface area contributed by atoms with Gasteiger partial charge in [-0.2, -0.15) is 5.10 Å². The van der Waals surface area contributed by atoms with E-state index in [9.17, 15) is 18.5 Å². The molecule has 0 saturated carbocycles. The van der Waals surface area contributed by atoms with Crippen LogP contribution >= 0.6 is 0 Å². The van der Waals surface area contributed by atoms with Gasteiger partial charge in [-0.25, -0.2) is 18.1 Å². The van der Waals surface area contributed by atoms with Crippen molar-refractivity contribution in [1.82, 2.24) is 19.9 Å². The van der Waals surface area contributed by atoms with Gasteiger partial charge in [0.15, 0.2) is 4.90 Å². The second-order valence-electron chi connectivity index (χ2n) is 4.06.